The fourth-order valence-electron chi connectivity index (χ4n) is 2.46. The summed E-state index contributed by atoms with van der Waals surface area (Å²) >= 11 is 12.1. The van der Waals surface area contributed by atoms with E-state index in [0.29, 0.717) is 22.3 Å². The van der Waals surface area contributed by atoms with Gasteiger partial charge in [-0.15, -0.1) is 10.2 Å². The largest absolute Gasteiger partial charge is 0.367 e. The van der Waals surface area contributed by atoms with Gasteiger partial charge in [0.15, 0.2) is 10.3 Å². The van der Waals surface area contributed by atoms with Crippen LogP contribution in [0.4, 0.5) is 5.69 Å². The summed E-state index contributed by atoms with van der Waals surface area (Å²) in [5.41, 5.74) is 0.879. The SMILES string of the molecule is CC(C)CN(CC1CCCN1)c1cc(Cl)nnc1Cl. The van der Waals surface area contributed by atoms with Gasteiger partial charge < -0.3 is 10.2 Å². The number of halogens is 2. The van der Waals surface area contributed by atoms with Gasteiger partial charge in [0.2, 0.25) is 0 Å². The Hall–Kier alpha value is -0.580. The number of hydrogen-bond donors (Lipinski definition) is 1. The Morgan fingerprint density at radius 2 is 2.21 bits per heavy atom. The van der Waals surface area contributed by atoms with Crippen molar-refractivity contribution in [3.63, 3.8) is 0 Å². The number of aromatic nitrogens is 2. The van der Waals surface area contributed by atoms with Crippen LogP contribution >= 0.6 is 23.2 Å². The number of anilines is 1. The maximum atomic E-state index is 6.17. The van der Waals surface area contributed by atoms with Crippen molar-refractivity contribution < 1.29 is 0 Å². The van der Waals surface area contributed by atoms with E-state index < -0.39 is 0 Å². The average Bonchev–Trinajstić information content (AvgIpc) is 2.84. The summed E-state index contributed by atoms with van der Waals surface area (Å²) in [5.74, 6) is 0.546. The summed E-state index contributed by atoms with van der Waals surface area (Å²) in [5, 5.41) is 12.0. The zero-order chi connectivity index (χ0) is 13.8. The minimum atomic E-state index is 0.382. The molecule has 0 saturated carbocycles. The first-order valence-corrected chi connectivity index (χ1v) is 7.49. The number of nitrogens with one attached hydrogen (secondary N) is 1. The van der Waals surface area contributed by atoms with Crippen LogP contribution in [-0.4, -0.2) is 35.9 Å². The monoisotopic (exact) mass is 302 g/mol. The Balaban J connectivity index is 2.17. The van der Waals surface area contributed by atoms with Crippen LogP contribution in [0.2, 0.25) is 10.3 Å². The van der Waals surface area contributed by atoms with Gasteiger partial charge in [0.05, 0.1) is 5.69 Å². The molecule has 0 bridgehead atoms. The highest BCUT2D eigenvalue weighted by Crippen LogP contribution is 2.27. The van der Waals surface area contributed by atoms with Crippen LogP contribution < -0.4 is 10.2 Å². The van der Waals surface area contributed by atoms with Gasteiger partial charge in [0, 0.05) is 25.2 Å². The highest BCUT2D eigenvalue weighted by Gasteiger charge is 2.21. The van der Waals surface area contributed by atoms with Crippen LogP contribution in [0.1, 0.15) is 26.7 Å². The molecule has 1 aliphatic rings. The van der Waals surface area contributed by atoms with Gasteiger partial charge in [-0.3, -0.25) is 0 Å². The lowest BCUT2D eigenvalue weighted by Gasteiger charge is -2.29. The Labute approximate surface area is 124 Å². The Kier molecular flexibility index (Phi) is 5.25. The lowest BCUT2D eigenvalue weighted by Crippen LogP contribution is -2.39. The van der Waals surface area contributed by atoms with Crippen molar-refractivity contribution in [2.45, 2.75) is 32.7 Å². The van der Waals surface area contributed by atoms with E-state index in [2.05, 4.69) is 34.3 Å². The molecule has 0 spiro atoms. The summed E-state index contributed by atoms with van der Waals surface area (Å²) < 4.78 is 0. The molecule has 4 nitrogen and oxygen atoms in total. The predicted molar refractivity (Wildman–Crippen MR) is 80.1 cm³/mol. The number of nitrogens with zero attached hydrogens (tertiary/aromatic N) is 3. The van der Waals surface area contributed by atoms with Crippen LogP contribution in [0.15, 0.2) is 6.07 Å². The van der Waals surface area contributed by atoms with E-state index in [4.69, 9.17) is 23.2 Å². The molecule has 19 heavy (non-hydrogen) atoms. The minimum Gasteiger partial charge on any atom is -0.367 e. The van der Waals surface area contributed by atoms with Crippen molar-refractivity contribution in [1.82, 2.24) is 15.5 Å². The molecule has 1 saturated heterocycles. The van der Waals surface area contributed by atoms with Gasteiger partial charge in [0.1, 0.15) is 0 Å². The third kappa shape index (κ3) is 4.20. The second-order valence-corrected chi connectivity index (χ2v) is 6.18. The minimum absolute atomic E-state index is 0.382. The molecule has 1 N–H and O–H groups in total. The van der Waals surface area contributed by atoms with Gasteiger partial charge >= 0.3 is 0 Å². The normalized spacial score (nSPS) is 19.1. The molecule has 2 rings (SSSR count). The lowest BCUT2D eigenvalue weighted by molar-refractivity contribution is 0.540. The molecule has 6 heteroatoms. The molecular formula is C13H20Cl2N4. The van der Waals surface area contributed by atoms with E-state index in [1.54, 1.807) is 6.07 Å². The fourth-order valence-corrected chi connectivity index (χ4v) is 2.81. The van der Waals surface area contributed by atoms with Gasteiger partial charge in [-0.1, -0.05) is 37.0 Å². The van der Waals surface area contributed by atoms with Crippen LogP contribution in [0, 0.1) is 5.92 Å². The third-order valence-electron chi connectivity index (χ3n) is 3.23. The third-order valence-corrected chi connectivity index (χ3v) is 3.68. The number of hydrogen-bond acceptors (Lipinski definition) is 4. The van der Waals surface area contributed by atoms with Crippen molar-refractivity contribution in [2.75, 3.05) is 24.5 Å². The van der Waals surface area contributed by atoms with Crippen molar-refractivity contribution in [3.05, 3.63) is 16.4 Å². The first-order chi connectivity index (χ1) is 9.06. The summed E-state index contributed by atoms with van der Waals surface area (Å²) in [7, 11) is 0. The Morgan fingerprint density at radius 1 is 1.42 bits per heavy atom. The van der Waals surface area contributed by atoms with Crippen LogP contribution in [0.3, 0.4) is 0 Å². The molecule has 1 aromatic rings. The molecule has 2 heterocycles. The standard InChI is InChI=1S/C13H20Cl2N4/c1-9(2)7-19(8-10-4-3-5-16-10)11-6-12(14)17-18-13(11)15/h6,9-10,16H,3-5,7-8H2,1-2H3. The molecular weight excluding hydrogens is 283 g/mol. The smallest absolute Gasteiger partial charge is 0.175 e. The summed E-state index contributed by atoms with van der Waals surface area (Å²) in [6, 6.07) is 2.32. The lowest BCUT2D eigenvalue weighted by atomic mass is 10.1. The van der Waals surface area contributed by atoms with Crippen molar-refractivity contribution in [1.29, 1.82) is 0 Å². The Morgan fingerprint density at radius 3 is 2.84 bits per heavy atom. The molecule has 1 aliphatic heterocycles. The van der Waals surface area contributed by atoms with Gasteiger partial charge in [0.25, 0.3) is 0 Å². The molecule has 1 unspecified atom stereocenters. The van der Waals surface area contributed by atoms with Crippen LogP contribution in [0.25, 0.3) is 0 Å². The van der Waals surface area contributed by atoms with E-state index >= 15 is 0 Å². The second kappa shape index (κ2) is 6.73. The maximum absolute atomic E-state index is 6.17. The number of rotatable bonds is 5. The van der Waals surface area contributed by atoms with E-state index in [0.717, 1.165) is 25.3 Å². The molecule has 1 atom stereocenters. The highest BCUT2D eigenvalue weighted by atomic mass is 35.5. The molecule has 1 fully saturated rings. The van der Waals surface area contributed by atoms with Gasteiger partial charge in [-0.2, -0.15) is 0 Å². The van der Waals surface area contributed by atoms with Crippen molar-refractivity contribution >= 4 is 28.9 Å². The first kappa shape index (κ1) is 14.8. The topological polar surface area (TPSA) is 41.0 Å². The zero-order valence-electron chi connectivity index (χ0n) is 11.4. The van der Waals surface area contributed by atoms with Gasteiger partial charge in [-0.05, 0) is 25.3 Å². The van der Waals surface area contributed by atoms with E-state index in [9.17, 15) is 0 Å². The van der Waals surface area contributed by atoms with Crippen LogP contribution in [0.5, 0.6) is 0 Å². The molecule has 0 amide bonds. The zero-order valence-corrected chi connectivity index (χ0v) is 12.9. The molecule has 0 radical (unpaired) electrons. The highest BCUT2D eigenvalue weighted by molar-refractivity contribution is 6.33. The quantitative estimate of drug-likeness (QED) is 0.908. The summed E-state index contributed by atoms with van der Waals surface area (Å²) in [6.45, 7) is 7.35. The first-order valence-electron chi connectivity index (χ1n) is 6.73. The van der Waals surface area contributed by atoms with Crippen LogP contribution in [-0.2, 0) is 0 Å². The predicted octanol–water partition coefficient (Wildman–Crippen LogP) is 3.00. The molecule has 106 valence electrons. The van der Waals surface area contributed by atoms with E-state index in [1.807, 2.05) is 0 Å². The Bertz CT molecular complexity index is 419. The second-order valence-electron chi connectivity index (χ2n) is 5.44. The van der Waals surface area contributed by atoms with Crippen molar-refractivity contribution in [2.24, 2.45) is 5.92 Å². The summed E-state index contributed by atoms with van der Waals surface area (Å²) in [4.78, 5) is 2.26. The van der Waals surface area contributed by atoms with E-state index in [1.165, 1.54) is 12.8 Å². The van der Waals surface area contributed by atoms with Gasteiger partial charge in [-0.25, -0.2) is 0 Å². The molecule has 0 aliphatic carbocycles. The fraction of sp³-hybridized carbons (Fsp3) is 0.692. The summed E-state index contributed by atoms with van der Waals surface area (Å²) in [6.07, 6.45) is 2.45. The van der Waals surface area contributed by atoms with E-state index in [-0.39, 0.29) is 0 Å². The average molecular weight is 303 g/mol. The molecule has 0 aromatic carbocycles. The maximum Gasteiger partial charge on any atom is 0.175 e. The molecule has 1 aromatic heterocycles. The van der Waals surface area contributed by atoms with Crippen molar-refractivity contribution in [3.8, 4) is 0 Å².